The van der Waals surface area contributed by atoms with Crippen LogP contribution in [0.2, 0.25) is 0 Å². The molecule has 0 amide bonds. The van der Waals surface area contributed by atoms with Crippen LogP contribution in [-0.4, -0.2) is 31.3 Å². The van der Waals surface area contributed by atoms with Gasteiger partial charge in [0.2, 0.25) is 10.0 Å². The lowest BCUT2D eigenvalue weighted by Crippen LogP contribution is -2.25. The van der Waals surface area contributed by atoms with Gasteiger partial charge in [-0.15, -0.1) is 0 Å². The fourth-order valence-electron chi connectivity index (χ4n) is 0.503. The van der Waals surface area contributed by atoms with Crippen LogP contribution >= 0.6 is 15.9 Å². The lowest BCUT2D eigenvalue weighted by molar-refractivity contribution is 0.285. The fourth-order valence-corrected chi connectivity index (χ4v) is 1.52. The molecule has 11 heavy (non-hydrogen) atoms. The van der Waals surface area contributed by atoms with Gasteiger partial charge in [-0.05, 0) is 12.8 Å². The minimum atomic E-state index is -3.11. The van der Waals surface area contributed by atoms with Gasteiger partial charge in [-0.1, -0.05) is 15.9 Å². The fraction of sp³-hybridized carbons (Fsp3) is 1.00. The van der Waals surface area contributed by atoms with E-state index in [1.54, 1.807) is 0 Å². The van der Waals surface area contributed by atoms with Gasteiger partial charge in [-0.3, -0.25) is 0 Å². The van der Waals surface area contributed by atoms with E-state index in [1.165, 1.54) is 0 Å². The van der Waals surface area contributed by atoms with Gasteiger partial charge in [0.1, 0.15) is 4.66 Å². The minimum absolute atomic E-state index is 0.0703. The summed E-state index contributed by atoms with van der Waals surface area (Å²) in [5.74, 6) is 0. The van der Waals surface area contributed by atoms with Gasteiger partial charge in [0, 0.05) is 13.2 Å². The molecule has 0 aromatic heterocycles. The number of aliphatic hydroxyl groups is 1. The largest absolute Gasteiger partial charge is 0.396 e. The summed E-state index contributed by atoms with van der Waals surface area (Å²) >= 11 is 2.84. The molecule has 0 atom stereocenters. The van der Waals surface area contributed by atoms with Gasteiger partial charge >= 0.3 is 0 Å². The number of alkyl halides is 1. The maximum absolute atomic E-state index is 10.7. The number of aliphatic hydroxyl groups excluding tert-OH is 1. The van der Waals surface area contributed by atoms with Gasteiger partial charge in [0.05, 0.1) is 0 Å². The SMILES string of the molecule is O=S(=O)(CBr)NCCCCO. The standard InChI is InChI=1S/C5H12BrNO3S/c6-5-11(9,10)7-3-1-2-4-8/h7-8H,1-5H2. The van der Waals surface area contributed by atoms with Crippen molar-refractivity contribution in [1.29, 1.82) is 0 Å². The molecule has 0 saturated heterocycles. The van der Waals surface area contributed by atoms with Crippen molar-refractivity contribution < 1.29 is 13.5 Å². The number of sulfonamides is 1. The maximum atomic E-state index is 10.7. The van der Waals surface area contributed by atoms with Gasteiger partial charge in [-0.25, -0.2) is 13.1 Å². The van der Waals surface area contributed by atoms with Gasteiger partial charge < -0.3 is 5.11 Å². The highest BCUT2D eigenvalue weighted by Crippen LogP contribution is 1.92. The molecule has 4 nitrogen and oxygen atoms in total. The highest BCUT2D eigenvalue weighted by Gasteiger charge is 2.04. The van der Waals surface area contributed by atoms with Crippen molar-refractivity contribution in [2.24, 2.45) is 0 Å². The van der Waals surface area contributed by atoms with E-state index in [-0.39, 0.29) is 11.3 Å². The Morgan fingerprint density at radius 2 is 2.00 bits per heavy atom. The molecule has 0 unspecified atom stereocenters. The first kappa shape index (κ1) is 11.4. The van der Waals surface area contributed by atoms with E-state index < -0.39 is 10.0 Å². The highest BCUT2D eigenvalue weighted by molar-refractivity contribution is 9.10. The molecule has 0 saturated carbocycles. The molecule has 0 aliphatic heterocycles. The zero-order valence-electron chi connectivity index (χ0n) is 6.09. The first-order valence-corrected chi connectivity index (χ1v) is 6.04. The number of rotatable bonds is 6. The molecular weight excluding hydrogens is 234 g/mol. The van der Waals surface area contributed by atoms with Crippen molar-refractivity contribution >= 4 is 26.0 Å². The second kappa shape index (κ2) is 5.93. The molecule has 0 rings (SSSR count). The Labute approximate surface area is 75.2 Å². The smallest absolute Gasteiger partial charge is 0.221 e. The Balaban J connectivity index is 3.39. The molecule has 0 aliphatic rings. The first-order valence-electron chi connectivity index (χ1n) is 3.26. The molecule has 0 aromatic carbocycles. The van der Waals surface area contributed by atoms with Crippen LogP contribution in [0.5, 0.6) is 0 Å². The number of hydrogen-bond donors (Lipinski definition) is 2. The summed E-state index contributed by atoms with van der Waals surface area (Å²) < 4.78 is 23.8. The second-order valence-corrected chi connectivity index (χ2v) is 5.16. The molecule has 2 N–H and O–H groups in total. The number of unbranched alkanes of at least 4 members (excludes halogenated alkanes) is 1. The molecule has 6 heteroatoms. The Morgan fingerprint density at radius 1 is 1.36 bits per heavy atom. The summed E-state index contributed by atoms with van der Waals surface area (Å²) in [5.41, 5.74) is 0. The molecule has 0 aromatic rings. The van der Waals surface area contributed by atoms with Crippen molar-refractivity contribution in [1.82, 2.24) is 4.72 Å². The summed E-state index contributed by atoms with van der Waals surface area (Å²) in [4.78, 5) is 0. The molecule has 0 fully saturated rings. The lowest BCUT2D eigenvalue weighted by Gasteiger charge is -2.01. The molecule has 0 bridgehead atoms. The predicted octanol–water partition coefficient (Wildman–Crippen LogP) is 0.0307. The Kier molecular flexibility index (Phi) is 6.12. The summed E-state index contributed by atoms with van der Waals surface area (Å²) in [5, 5.41) is 8.37. The third-order valence-electron chi connectivity index (χ3n) is 1.05. The third kappa shape index (κ3) is 6.74. The zero-order valence-corrected chi connectivity index (χ0v) is 8.49. The van der Waals surface area contributed by atoms with Crippen molar-refractivity contribution in [3.8, 4) is 0 Å². The predicted molar refractivity (Wildman–Crippen MR) is 47.0 cm³/mol. The van der Waals surface area contributed by atoms with Gasteiger partial charge in [0.15, 0.2) is 0 Å². The molecule has 68 valence electrons. The highest BCUT2D eigenvalue weighted by atomic mass is 79.9. The average Bonchev–Trinajstić information content (AvgIpc) is 1.99. The van der Waals surface area contributed by atoms with Crippen LogP contribution in [0.3, 0.4) is 0 Å². The molecular formula is C5H12BrNO3S. The van der Waals surface area contributed by atoms with Crippen molar-refractivity contribution in [3.05, 3.63) is 0 Å². The number of hydrogen-bond acceptors (Lipinski definition) is 3. The minimum Gasteiger partial charge on any atom is -0.396 e. The lowest BCUT2D eigenvalue weighted by atomic mass is 10.3. The zero-order chi connectivity index (χ0) is 8.74. The first-order chi connectivity index (χ1) is 5.12. The van der Waals surface area contributed by atoms with Crippen molar-refractivity contribution in [2.45, 2.75) is 12.8 Å². The van der Waals surface area contributed by atoms with Crippen molar-refractivity contribution in [3.63, 3.8) is 0 Å². The van der Waals surface area contributed by atoms with Crippen LogP contribution in [0.4, 0.5) is 0 Å². The van der Waals surface area contributed by atoms with Gasteiger partial charge in [-0.2, -0.15) is 0 Å². The Bertz CT molecular complexity index is 180. The van der Waals surface area contributed by atoms with E-state index in [0.717, 1.165) is 0 Å². The number of halogens is 1. The summed E-state index contributed by atoms with van der Waals surface area (Å²) in [7, 11) is -3.11. The molecule has 0 heterocycles. The normalized spacial score (nSPS) is 11.8. The topological polar surface area (TPSA) is 66.4 Å². The molecule has 0 radical (unpaired) electrons. The third-order valence-corrected chi connectivity index (χ3v) is 3.79. The van der Waals surface area contributed by atoms with Crippen LogP contribution < -0.4 is 4.72 Å². The summed E-state index contributed by atoms with van der Waals surface area (Å²) in [6, 6.07) is 0. The maximum Gasteiger partial charge on any atom is 0.221 e. The van der Waals surface area contributed by atoms with E-state index in [0.29, 0.717) is 19.4 Å². The number of nitrogens with one attached hydrogen (secondary N) is 1. The quantitative estimate of drug-likeness (QED) is 0.513. The van der Waals surface area contributed by atoms with Gasteiger partial charge in [0.25, 0.3) is 0 Å². The van der Waals surface area contributed by atoms with Crippen LogP contribution in [-0.2, 0) is 10.0 Å². The summed E-state index contributed by atoms with van der Waals surface area (Å²) in [6.07, 6.45) is 1.30. The van der Waals surface area contributed by atoms with E-state index in [9.17, 15) is 8.42 Å². The Morgan fingerprint density at radius 3 is 2.45 bits per heavy atom. The average molecular weight is 246 g/mol. The summed E-state index contributed by atoms with van der Waals surface area (Å²) in [6.45, 7) is 0.504. The Hall–Kier alpha value is 0.350. The van der Waals surface area contributed by atoms with E-state index in [2.05, 4.69) is 20.7 Å². The monoisotopic (exact) mass is 245 g/mol. The van der Waals surface area contributed by atoms with Crippen molar-refractivity contribution in [2.75, 3.05) is 17.8 Å². The van der Waals surface area contributed by atoms with Crippen LogP contribution in [0, 0.1) is 0 Å². The van der Waals surface area contributed by atoms with E-state index in [4.69, 9.17) is 5.11 Å². The van der Waals surface area contributed by atoms with Crippen LogP contribution in [0.15, 0.2) is 0 Å². The second-order valence-electron chi connectivity index (χ2n) is 2.05. The van der Waals surface area contributed by atoms with Crippen LogP contribution in [0.25, 0.3) is 0 Å². The molecule has 0 aliphatic carbocycles. The van der Waals surface area contributed by atoms with E-state index in [1.807, 2.05) is 0 Å². The molecule has 0 spiro atoms. The van der Waals surface area contributed by atoms with E-state index >= 15 is 0 Å². The van der Waals surface area contributed by atoms with Crippen LogP contribution in [0.1, 0.15) is 12.8 Å².